The summed E-state index contributed by atoms with van der Waals surface area (Å²) in [6.45, 7) is 0.452. The van der Waals surface area contributed by atoms with Crippen molar-refractivity contribution in [3.63, 3.8) is 0 Å². The Kier molecular flexibility index (Phi) is 6.02. The first-order chi connectivity index (χ1) is 6.52. The summed E-state index contributed by atoms with van der Waals surface area (Å²) in [5.41, 5.74) is 0. The lowest BCUT2D eigenvalue weighted by atomic mass is 10.1. The number of aliphatic hydroxyl groups is 3. The second-order valence-electron chi connectivity index (χ2n) is 2.79. The predicted molar refractivity (Wildman–Crippen MR) is 45.3 cm³/mol. The SMILES string of the molecule is CC(=O)O[C@@H](CC=O)[C@@H](O)[C@H](O)CO. The molecule has 0 aliphatic rings. The summed E-state index contributed by atoms with van der Waals surface area (Å²) in [5, 5.41) is 26.9. The minimum Gasteiger partial charge on any atom is -0.459 e. The topological polar surface area (TPSA) is 104 Å². The molecule has 0 amide bonds. The van der Waals surface area contributed by atoms with Gasteiger partial charge in [0.1, 0.15) is 24.6 Å². The van der Waals surface area contributed by atoms with E-state index in [-0.39, 0.29) is 6.42 Å². The van der Waals surface area contributed by atoms with Crippen molar-refractivity contribution in [3.8, 4) is 0 Å². The molecule has 0 radical (unpaired) electrons. The number of ether oxygens (including phenoxy) is 1. The Morgan fingerprint density at radius 3 is 2.43 bits per heavy atom. The van der Waals surface area contributed by atoms with Crippen LogP contribution in [0.3, 0.4) is 0 Å². The second kappa shape index (κ2) is 6.47. The van der Waals surface area contributed by atoms with Crippen LogP contribution in [0.5, 0.6) is 0 Å². The Morgan fingerprint density at radius 2 is 2.07 bits per heavy atom. The van der Waals surface area contributed by atoms with Crippen LogP contribution >= 0.6 is 0 Å². The molecule has 0 aromatic heterocycles. The van der Waals surface area contributed by atoms with Gasteiger partial charge in [-0.15, -0.1) is 0 Å². The van der Waals surface area contributed by atoms with Crippen molar-refractivity contribution in [2.75, 3.05) is 6.61 Å². The third kappa shape index (κ3) is 4.31. The van der Waals surface area contributed by atoms with E-state index in [1.165, 1.54) is 0 Å². The van der Waals surface area contributed by atoms with E-state index < -0.39 is 30.9 Å². The molecule has 0 aliphatic heterocycles. The molecular weight excluding hydrogens is 192 g/mol. The van der Waals surface area contributed by atoms with Crippen LogP contribution in [0.4, 0.5) is 0 Å². The van der Waals surface area contributed by atoms with Crippen molar-refractivity contribution in [3.05, 3.63) is 0 Å². The van der Waals surface area contributed by atoms with Crippen molar-refractivity contribution >= 4 is 12.3 Å². The van der Waals surface area contributed by atoms with Crippen molar-refractivity contribution in [1.82, 2.24) is 0 Å². The van der Waals surface area contributed by atoms with Crippen LogP contribution < -0.4 is 0 Å². The highest BCUT2D eigenvalue weighted by Crippen LogP contribution is 2.07. The van der Waals surface area contributed by atoms with Gasteiger partial charge in [-0.3, -0.25) is 4.79 Å². The van der Waals surface area contributed by atoms with Crippen molar-refractivity contribution in [2.45, 2.75) is 31.7 Å². The van der Waals surface area contributed by atoms with Crippen LogP contribution in [0.2, 0.25) is 0 Å². The van der Waals surface area contributed by atoms with Crippen LogP contribution in [0.25, 0.3) is 0 Å². The summed E-state index contributed by atoms with van der Waals surface area (Å²) in [6, 6.07) is 0. The second-order valence-corrected chi connectivity index (χ2v) is 2.79. The number of rotatable bonds is 6. The van der Waals surface area contributed by atoms with E-state index in [0.29, 0.717) is 6.29 Å². The maximum Gasteiger partial charge on any atom is 0.303 e. The molecule has 82 valence electrons. The maximum atomic E-state index is 10.6. The summed E-state index contributed by atoms with van der Waals surface area (Å²) < 4.78 is 4.58. The van der Waals surface area contributed by atoms with Crippen molar-refractivity contribution in [2.24, 2.45) is 0 Å². The molecule has 0 fully saturated rings. The van der Waals surface area contributed by atoms with E-state index in [1.807, 2.05) is 0 Å². The van der Waals surface area contributed by atoms with E-state index >= 15 is 0 Å². The summed E-state index contributed by atoms with van der Waals surface area (Å²) in [4.78, 5) is 20.7. The lowest BCUT2D eigenvalue weighted by molar-refractivity contribution is -0.159. The van der Waals surface area contributed by atoms with Gasteiger partial charge in [-0.2, -0.15) is 0 Å². The largest absolute Gasteiger partial charge is 0.459 e. The molecule has 0 aromatic rings. The average Bonchev–Trinajstić information content (AvgIpc) is 2.14. The normalized spacial score (nSPS) is 16.9. The zero-order valence-electron chi connectivity index (χ0n) is 7.79. The molecule has 0 heterocycles. The molecule has 0 rings (SSSR count). The van der Waals surface area contributed by atoms with Gasteiger partial charge in [0, 0.05) is 13.3 Å². The average molecular weight is 206 g/mol. The molecule has 6 heteroatoms. The first kappa shape index (κ1) is 13.0. The van der Waals surface area contributed by atoms with Gasteiger partial charge in [-0.1, -0.05) is 0 Å². The Hall–Kier alpha value is -0.980. The Balaban J connectivity index is 4.30. The van der Waals surface area contributed by atoms with Crippen LogP contribution in [0, 0.1) is 0 Å². The molecule has 0 unspecified atom stereocenters. The standard InChI is InChI=1S/C8H14O6/c1-5(11)14-7(2-3-9)8(13)6(12)4-10/h3,6-8,10,12-13H,2,4H2,1H3/t6-,7+,8+/m1/s1. The van der Waals surface area contributed by atoms with Crippen LogP contribution in [0.15, 0.2) is 0 Å². The quantitative estimate of drug-likeness (QED) is 0.350. The first-order valence-electron chi connectivity index (χ1n) is 4.10. The molecule has 6 nitrogen and oxygen atoms in total. The number of hydrogen-bond donors (Lipinski definition) is 3. The van der Waals surface area contributed by atoms with Gasteiger partial charge >= 0.3 is 5.97 Å². The van der Waals surface area contributed by atoms with Gasteiger partial charge in [0.25, 0.3) is 0 Å². The fourth-order valence-corrected chi connectivity index (χ4v) is 0.921. The van der Waals surface area contributed by atoms with E-state index in [2.05, 4.69) is 4.74 Å². The Bertz CT molecular complexity index is 192. The van der Waals surface area contributed by atoms with Gasteiger partial charge in [0.05, 0.1) is 6.61 Å². The molecule has 0 bridgehead atoms. The Labute approximate surface area is 81.1 Å². The summed E-state index contributed by atoms with van der Waals surface area (Å²) in [6.07, 6.45) is -3.78. The molecule has 0 aliphatic carbocycles. The van der Waals surface area contributed by atoms with Gasteiger partial charge in [0.15, 0.2) is 0 Å². The highest BCUT2D eigenvalue weighted by molar-refractivity contribution is 5.66. The number of carbonyl (C=O) groups is 2. The highest BCUT2D eigenvalue weighted by Gasteiger charge is 2.27. The third-order valence-corrected chi connectivity index (χ3v) is 1.61. The molecule has 0 saturated heterocycles. The predicted octanol–water partition coefficient (Wildman–Crippen LogP) is -1.78. The van der Waals surface area contributed by atoms with Crippen LogP contribution in [-0.4, -0.2) is 52.5 Å². The lowest BCUT2D eigenvalue weighted by Gasteiger charge is -2.23. The van der Waals surface area contributed by atoms with Gasteiger partial charge in [-0.25, -0.2) is 0 Å². The van der Waals surface area contributed by atoms with Crippen LogP contribution in [0.1, 0.15) is 13.3 Å². The molecule has 14 heavy (non-hydrogen) atoms. The number of aliphatic hydroxyl groups excluding tert-OH is 3. The van der Waals surface area contributed by atoms with E-state index in [4.69, 9.17) is 10.2 Å². The van der Waals surface area contributed by atoms with E-state index in [0.717, 1.165) is 6.92 Å². The zero-order chi connectivity index (χ0) is 11.1. The number of hydrogen-bond acceptors (Lipinski definition) is 6. The smallest absolute Gasteiger partial charge is 0.303 e. The molecule has 3 atom stereocenters. The fourth-order valence-electron chi connectivity index (χ4n) is 0.921. The van der Waals surface area contributed by atoms with Crippen LogP contribution in [-0.2, 0) is 14.3 Å². The molecule has 0 aromatic carbocycles. The summed E-state index contributed by atoms with van der Waals surface area (Å²) in [5.74, 6) is -0.666. The Morgan fingerprint density at radius 1 is 1.50 bits per heavy atom. The van der Waals surface area contributed by atoms with Crippen molar-refractivity contribution < 1.29 is 29.6 Å². The van der Waals surface area contributed by atoms with E-state index in [1.54, 1.807) is 0 Å². The third-order valence-electron chi connectivity index (χ3n) is 1.61. The molecular formula is C8H14O6. The van der Waals surface area contributed by atoms with Gasteiger partial charge < -0.3 is 24.9 Å². The number of carbonyl (C=O) groups excluding carboxylic acids is 2. The number of esters is 1. The maximum absolute atomic E-state index is 10.6. The van der Waals surface area contributed by atoms with E-state index in [9.17, 15) is 14.7 Å². The number of aldehydes is 1. The van der Waals surface area contributed by atoms with Gasteiger partial charge in [-0.05, 0) is 0 Å². The zero-order valence-corrected chi connectivity index (χ0v) is 7.79. The van der Waals surface area contributed by atoms with Crippen molar-refractivity contribution in [1.29, 1.82) is 0 Å². The summed E-state index contributed by atoms with van der Waals surface area (Å²) >= 11 is 0. The summed E-state index contributed by atoms with van der Waals surface area (Å²) in [7, 11) is 0. The molecule has 0 spiro atoms. The first-order valence-corrected chi connectivity index (χ1v) is 4.10. The minimum atomic E-state index is -1.46. The minimum absolute atomic E-state index is 0.224. The fraction of sp³-hybridized carbons (Fsp3) is 0.750. The highest BCUT2D eigenvalue weighted by atomic mass is 16.6. The van der Waals surface area contributed by atoms with Gasteiger partial charge in [0.2, 0.25) is 0 Å². The lowest BCUT2D eigenvalue weighted by Crippen LogP contribution is -2.42. The molecule has 0 saturated carbocycles. The molecule has 3 N–H and O–H groups in total. The monoisotopic (exact) mass is 206 g/mol.